The number of carbonyl (C=O) groups is 1. The zero-order valence-corrected chi connectivity index (χ0v) is 11.1. The fourth-order valence-corrected chi connectivity index (χ4v) is 2.36. The van der Waals surface area contributed by atoms with Gasteiger partial charge in [0.05, 0.1) is 6.20 Å². The Bertz CT molecular complexity index is 536. The summed E-state index contributed by atoms with van der Waals surface area (Å²) in [5.41, 5.74) is 6.50. The number of nitrogens with zero attached hydrogens (tertiary/aromatic N) is 5. The quantitative estimate of drug-likeness (QED) is 0.755. The molecule has 3 rings (SSSR count). The van der Waals surface area contributed by atoms with Crippen LogP contribution in [-0.2, 0) is 6.54 Å². The number of aliphatic hydroxyl groups is 1. The molecule has 1 aliphatic heterocycles. The highest BCUT2D eigenvalue weighted by Gasteiger charge is 2.39. The predicted octanol–water partition coefficient (Wildman–Crippen LogP) is -0.0956. The van der Waals surface area contributed by atoms with Crippen molar-refractivity contribution in [2.24, 2.45) is 16.6 Å². The molecule has 1 aromatic heterocycles. The molecule has 1 unspecified atom stereocenters. The van der Waals surface area contributed by atoms with Gasteiger partial charge in [-0.1, -0.05) is 5.21 Å². The van der Waals surface area contributed by atoms with E-state index in [1.165, 1.54) is 0 Å². The maximum absolute atomic E-state index is 11.9. The molecule has 0 radical (unpaired) electrons. The largest absolute Gasteiger partial charge is 0.396 e. The number of amides is 2. The van der Waals surface area contributed by atoms with Crippen molar-refractivity contribution in [2.75, 3.05) is 13.2 Å². The van der Waals surface area contributed by atoms with Crippen LogP contribution in [0.5, 0.6) is 0 Å². The van der Waals surface area contributed by atoms with Gasteiger partial charge in [0.25, 0.3) is 0 Å². The fourth-order valence-electron chi connectivity index (χ4n) is 2.36. The number of aryl methyl sites for hydroxylation is 1. The van der Waals surface area contributed by atoms with Crippen molar-refractivity contribution < 1.29 is 9.90 Å². The molecule has 108 valence electrons. The molecule has 1 aromatic rings. The Kier molecular flexibility index (Phi) is 3.39. The molecule has 0 spiro atoms. The first kappa shape index (κ1) is 13.0. The molecule has 2 aliphatic rings. The number of aromatic nitrogens is 3. The Morgan fingerprint density at radius 2 is 2.25 bits per heavy atom. The lowest BCUT2D eigenvalue weighted by molar-refractivity contribution is 0.203. The molecule has 1 atom stereocenters. The van der Waals surface area contributed by atoms with E-state index in [1.807, 2.05) is 0 Å². The third kappa shape index (κ3) is 2.51. The second kappa shape index (κ2) is 5.20. The van der Waals surface area contributed by atoms with Crippen LogP contribution in [0.2, 0.25) is 0 Å². The van der Waals surface area contributed by atoms with Gasteiger partial charge in [-0.25, -0.2) is 4.79 Å². The zero-order valence-electron chi connectivity index (χ0n) is 11.1. The summed E-state index contributed by atoms with van der Waals surface area (Å²) in [5, 5.41) is 16.9. The summed E-state index contributed by atoms with van der Waals surface area (Å²) in [6, 6.07) is -0.685. The van der Waals surface area contributed by atoms with E-state index in [0.717, 1.165) is 12.8 Å². The van der Waals surface area contributed by atoms with Crippen LogP contribution < -0.4 is 5.73 Å². The molecule has 8 nitrogen and oxygen atoms in total. The minimum atomic E-state index is -0.397. The van der Waals surface area contributed by atoms with Crippen molar-refractivity contribution in [3.8, 4) is 0 Å². The van der Waals surface area contributed by atoms with Crippen molar-refractivity contribution in [3.05, 3.63) is 11.9 Å². The van der Waals surface area contributed by atoms with Gasteiger partial charge in [0, 0.05) is 19.7 Å². The fraction of sp³-hybridized carbons (Fsp3) is 0.667. The first-order valence-corrected chi connectivity index (χ1v) is 6.84. The Balaban J connectivity index is 1.76. The molecule has 20 heavy (non-hydrogen) atoms. The minimum Gasteiger partial charge on any atom is -0.396 e. The molecule has 8 heteroatoms. The van der Waals surface area contributed by atoms with Crippen LogP contribution >= 0.6 is 0 Å². The van der Waals surface area contributed by atoms with E-state index in [0.29, 0.717) is 31.1 Å². The Morgan fingerprint density at radius 3 is 2.95 bits per heavy atom. The van der Waals surface area contributed by atoms with Gasteiger partial charge in [-0.05, 0) is 25.2 Å². The number of rotatable bonds is 6. The molecule has 3 N–H and O–H groups in total. The van der Waals surface area contributed by atoms with E-state index < -0.39 is 6.04 Å². The highest BCUT2D eigenvalue weighted by atomic mass is 16.3. The number of carbonyl (C=O) groups excluding carboxylic acids is 1. The molecule has 1 saturated carbocycles. The van der Waals surface area contributed by atoms with E-state index >= 15 is 0 Å². The normalized spacial score (nSPS) is 22.4. The van der Waals surface area contributed by atoms with Crippen LogP contribution in [0.15, 0.2) is 11.2 Å². The van der Waals surface area contributed by atoms with E-state index in [9.17, 15) is 4.79 Å². The Morgan fingerprint density at radius 1 is 1.45 bits per heavy atom. The number of nitrogens with two attached hydrogens (primary N) is 1. The standard InChI is InChI=1S/C12H18N6O2/c13-11-10(9-7-17(16-15-9)4-1-5-19)18(12(20)14-11)6-8-2-3-8/h7-8,10,19H,1-6H2,(H2,13,14,20). The second-order valence-corrected chi connectivity index (χ2v) is 5.30. The smallest absolute Gasteiger partial charge is 0.346 e. The summed E-state index contributed by atoms with van der Waals surface area (Å²) in [6.45, 7) is 1.37. The van der Waals surface area contributed by atoms with Gasteiger partial charge in [-0.15, -0.1) is 5.10 Å². The van der Waals surface area contributed by atoms with Crippen LogP contribution in [0.25, 0.3) is 0 Å². The Hall–Kier alpha value is -1.96. The van der Waals surface area contributed by atoms with Crippen molar-refractivity contribution >= 4 is 11.9 Å². The molecule has 2 heterocycles. The van der Waals surface area contributed by atoms with E-state index in [1.54, 1.807) is 15.8 Å². The van der Waals surface area contributed by atoms with Crippen molar-refractivity contribution in [1.29, 1.82) is 0 Å². The summed E-state index contributed by atoms with van der Waals surface area (Å²) in [7, 11) is 0. The lowest BCUT2D eigenvalue weighted by Crippen LogP contribution is -2.35. The third-order valence-corrected chi connectivity index (χ3v) is 3.60. The van der Waals surface area contributed by atoms with Crippen LogP contribution in [0.4, 0.5) is 4.79 Å². The summed E-state index contributed by atoms with van der Waals surface area (Å²) in [5.74, 6) is 0.844. The maximum atomic E-state index is 11.9. The van der Waals surface area contributed by atoms with Crippen molar-refractivity contribution in [3.63, 3.8) is 0 Å². The maximum Gasteiger partial charge on any atom is 0.346 e. The number of aliphatic imine (C=N–C) groups is 1. The molecule has 0 aromatic carbocycles. The molecule has 2 amide bonds. The van der Waals surface area contributed by atoms with Gasteiger partial charge in [0.15, 0.2) is 0 Å². The molecule has 0 saturated heterocycles. The molecular formula is C12H18N6O2. The Labute approximate surface area is 116 Å². The van der Waals surface area contributed by atoms with Gasteiger partial charge in [0.2, 0.25) is 0 Å². The van der Waals surface area contributed by atoms with Crippen molar-refractivity contribution in [1.82, 2.24) is 19.9 Å². The van der Waals surface area contributed by atoms with Crippen LogP contribution in [0.3, 0.4) is 0 Å². The first-order chi connectivity index (χ1) is 9.69. The number of amidine groups is 1. The summed E-state index contributed by atoms with van der Waals surface area (Å²) < 4.78 is 1.65. The molecule has 1 fully saturated rings. The van der Waals surface area contributed by atoms with E-state index in [-0.39, 0.29) is 18.5 Å². The number of hydrogen-bond acceptors (Lipinski definition) is 5. The van der Waals surface area contributed by atoms with Gasteiger partial charge >= 0.3 is 6.03 Å². The number of aliphatic hydroxyl groups excluding tert-OH is 1. The van der Waals surface area contributed by atoms with E-state index in [4.69, 9.17) is 10.8 Å². The lowest BCUT2D eigenvalue weighted by atomic mass is 10.2. The van der Waals surface area contributed by atoms with Crippen molar-refractivity contribution in [2.45, 2.75) is 31.8 Å². The predicted molar refractivity (Wildman–Crippen MR) is 70.9 cm³/mol. The minimum absolute atomic E-state index is 0.106. The van der Waals surface area contributed by atoms with Gasteiger partial charge in [-0.2, -0.15) is 4.99 Å². The highest BCUT2D eigenvalue weighted by Crippen LogP contribution is 2.34. The van der Waals surface area contributed by atoms with Crippen LogP contribution in [-0.4, -0.2) is 50.0 Å². The average Bonchev–Trinajstić information content (AvgIpc) is 3.04. The zero-order chi connectivity index (χ0) is 14.1. The summed E-state index contributed by atoms with van der Waals surface area (Å²) >= 11 is 0. The molecular weight excluding hydrogens is 260 g/mol. The van der Waals surface area contributed by atoms with Gasteiger partial charge in [-0.3, -0.25) is 4.68 Å². The SMILES string of the molecule is NC1=NC(=O)N(CC2CC2)C1c1cn(CCCO)nn1. The topological polar surface area (TPSA) is 110 Å². The number of urea groups is 1. The van der Waals surface area contributed by atoms with Crippen LogP contribution in [0.1, 0.15) is 31.0 Å². The molecule has 1 aliphatic carbocycles. The second-order valence-electron chi connectivity index (χ2n) is 5.30. The third-order valence-electron chi connectivity index (χ3n) is 3.60. The van der Waals surface area contributed by atoms with Gasteiger partial charge < -0.3 is 15.7 Å². The van der Waals surface area contributed by atoms with Gasteiger partial charge in [0.1, 0.15) is 17.6 Å². The highest BCUT2D eigenvalue weighted by molar-refractivity contribution is 6.03. The lowest BCUT2D eigenvalue weighted by Gasteiger charge is -2.22. The summed E-state index contributed by atoms with van der Waals surface area (Å²) in [6.07, 6.45) is 4.68. The monoisotopic (exact) mass is 278 g/mol. The number of hydrogen-bond donors (Lipinski definition) is 2. The molecule has 0 bridgehead atoms. The average molecular weight is 278 g/mol. The van der Waals surface area contributed by atoms with E-state index in [2.05, 4.69) is 15.3 Å². The summed E-state index contributed by atoms with van der Waals surface area (Å²) in [4.78, 5) is 17.4. The first-order valence-electron chi connectivity index (χ1n) is 6.84. The van der Waals surface area contributed by atoms with Crippen LogP contribution in [0, 0.1) is 5.92 Å².